The van der Waals surface area contributed by atoms with E-state index in [1.54, 1.807) is 28.8 Å². The highest BCUT2D eigenvalue weighted by Crippen LogP contribution is 2.43. The van der Waals surface area contributed by atoms with Crippen LogP contribution in [0, 0.1) is 0 Å². The summed E-state index contributed by atoms with van der Waals surface area (Å²) in [6, 6.07) is 8.89. The number of H-pyrrole nitrogens is 1. The van der Waals surface area contributed by atoms with Gasteiger partial charge in [-0.05, 0) is 26.0 Å². The molecule has 3 aromatic rings. The average molecular weight is 406 g/mol. The molecule has 0 radical (unpaired) electrons. The van der Waals surface area contributed by atoms with Crippen molar-refractivity contribution in [2.24, 2.45) is 0 Å². The van der Waals surface area contributed by atoms with E-state index in [-0.39, 0.29) is 30.5 Å². The largest absolute Gasteiger partial charge is 0.431 e. The first-order valence-electron chi connectivity index (χ1n) is 8.76. The SMILES string of the molecule is CC(C)NP(=O)(COCCn1cnc2c(=O)[nH]c(N)nc21)Oc1ccccc1. The van der Waals surface area contributed by atoms with Crippen molar-refractivity contribution < 1.29 is 13.8 Å². The third kappa shape index (κ3) is 4.98. The minimum Gasteiger partial charge on any atom is -0.431 e. The van der Waals surface area contributed by atoms with Crippen LogP contribution in [0.15, 0.2) is 41.5 Å². The Kier molecular flexibility index (Phi) is 6.13. The second kappa shape index (κ2) is 8.55. The Morgan fingerprint density at radius 1 is 1.32 bits per heavy atom. The van der Waals surface area contributed by atoms with E-state index in [4.69, 9.17) is 15.0 Å². The molecule has 0 spiro atoms. The van der Waals surface area contributed by atoms with Crippen LogP contribution in [0.2, 0.25) is 0 Å². The molecule has 0 saturated carbocycles. The summed E-state index contributed by atoms with van der Waals surface area (Å²) in [4.78, 5) is 22.3. The molecule has 11 heteroatoms. The van der Waals surface area contributed by atoms with Crippen LogP contribution in [-0.4, -0.2) is 38.5 Å². The van der Waals surface area contributed by atoms with E-state index in [2.05, 4.69) is 20.0 Å². The standard InChI is InChI=1S/C17H23N6O4P/c1-12(2)22-28(25,27-13-6-4-3-5-7-13)11-26-9-8-23-10-19-14-15(23)20-17(18)21-16(14)24/h3-7,10,12H,8-9,11H2,1-2H3,(H,22,25)(H3,18,20,21,24). The summed E-state index contributed by atoms with van der Waals surface area (Å²) in [5.41, 5.74) is 5.76. The number of fused-ring (bicyclic) bond motifs is 1. The van der Waals surface area contributed by atoms with E-state index < -0.39 is 13.1 Å². The van der Waals surface area contributed by atoms with Crippen molar-refractivity contribution in [1.82, 2.24) is 24.6 Å². The number of anilines is 1. The molecule has 1 unspecified atom stereocenters. The number of ether oxygens (including phenoxy) is 1. The number of nitrogen functional groups attached to an aromatic ring is 1. The van der Waals surface area contributed by atoms with Crippen molar-refractivity contribution in [3.05, 3.63) is 47.0 Å². The monoisotopic (exact) mass is 406 g/mol. The molecule has 1 atom stereocenters. The second-order valence-electron chi connectivity index (χ2n) is 6.46. The highest BCUT2D eigenvalue weighted by Gasteiger charge is 2.26. The van der Waals surface area contributed by atoms with Crippen molar-refractivity contribution in [1.29, 1.82) is 0 Å². The summed E-state index contributed by atoms with van der Waals surface area (Å²) >= 11 is 0. The summed E-state index contributed by atoms with van der Waals surface area (Å²) in [7, 11) is -3.26. The zero-order valence-electron chi connectivity index (χ0n) is 15.7. The minimum atomic E-state index is -3.26. The number of aromatic nitrogens is 4. The Morgan fingerprint density at radius 3 is 2.79 bits per heavy atom. The van der Waals surface area contributed by atoms with Crippen LogP contribution in [-0.2, 0) is 15.8 Å². The van der Waals surface area contributed by atoms with E-state index in [0.29, 0.717) is 17.9 Å². The van der Waals surface area contributed by atoms with Crippen molar-refractivity contribution in [2.75, 3.05) is 18.7 Å². The van der Waals surface area contributed by atoms with Gasteiger partial charge in [0.25, 0.3) is 5.56 Å². The molecule has 0 saturated heterocycles. The van der Waals surface area contributed by atoms with Crippen LogP contribution in [0.1, 0.15) is 13.8 Å². The molecule has 28 heavy (non-hydrogen) atoms. The van der Waals surface area contributed by atoms with E-state index >= 15 is 0 Å². The van der Waals surface area contributed by atoms with Gasteiger partial charge in [0.2, 0.25) is 5.95 Å². The maximum Gasteiger partial charge on any atom is 0.342 e. The van der Waals surface area contributed by atoms with Crippen LogP contribution in [0.3, 0.4) is 0 Å². The van der Waals surface area contributed by atoms with Gasteiger partial charge in [-0.3, -0.25) is 14.3 Å². The van der Waals surface area contributed by atoms with E-state index in [9.17, 15) is 9.36 Å². The summed E-state index contributed by atoms with van der Waals surface area (Å²) in [5.74, 6) is 0.518. The van der Waals surface area contributed by atoms with Gasteiger partial charge in [-0.2, -0.15) is 4.98 Å². The van der Waals surface area contributed by atoms with Crippen LogP contribution < -0.4 is 20.9 Å². The van der Waals surface area contributed by atoms with E-state index in [1.165, 1.54) is 6.33 Å². The first-order chi connectivity index (χ1) is 13.4. The number of nitrogens with two attached hydrogens (primary N) is 1. The lowest BCUT2D eigenvalue weighted by atomic mass is 10.3. The maximum absolute atomic E-state index is 13.1. The molecule has 0 fully saturated rings. The fourth-order valence-corrected chi connectivity index (χ4v) is 4.42. The predicted octanol–water partition coefficient (Wildman–Crippen LogP) is 1.95. The molecular weight excluding hydrogens is 383 g/mol. The molecule has 2 aromatic heterocycles. The van der Waals surface area contributed by atoms with Crippen LogP contribution in [0.5, 0.6) is 5.75 Å². The Hall–Kier alpha value is -2.68. The highest BCUT2D eigenvalue weighted by molar-refractivity contribution is 7.57. The Morgan fingerprint density at radius 2 is 2.07 bits per heavy atom. The summed E-state index contributed by atoms with van der Waals surface area (Å²) < 4.78 is 26.0. The van der Waals surface area contributed by atoms with Gasteiger partial charge >= 0.3 is 7.52 Å². The third-order valence-electron chi connectivity index (χ3n) is 3.68. The van der Waals surface area contributed by atoms with Crippen molar-refractivity contribution in [3.8, 4) is 5.75 Å². The van der Waals surface area contributed by atoms with Gasteiger partial charge in [-0.25, -0.2) is 10.1 Å². The first kappa shape index (κ1) is 20.1. The molecule has 1 aromatic carbocycles. The lowest BCUT2D eigenvalue weighted by Gasteiger charge is -2.22. The van der Waals surface area contributed by atoms with Crippen molar-refractivity contribution in [3.63, 3.8) is 0 Å². The van der Waals surface area contributed by atoms with Gasteiger partial charge in [-0.1, -0.05) is 18.2 Å². The number of rotatable bonds is 9. The molecule has 0 aliphatic rings. The second-order valence-corrected chi connectivity index (χ2v) is 8.51. The zero-order chi connectivity index (χ0) is 20.1. The highest BCUT2D eigenvalue weighted by atomic mass is 31.2. The summed E-state index contributed by atoms with van der Waals surface area (Å²) in [5, 5.41) is 2.96. The Bertz CT molecular complexity index is 1030. The molecule has 150 valence electrons. The van der Waals surface area contributed by atoms with Crippen molar-refractivity contribution in [2.45, 2.75) is 26.4 Å². The number of nitrogens with one attached hydrogen (secondary N) is 2. The van der Waals surface area contributed by atoms with Crippen LogP contribution in [0.25, 0.3) is 11.2 Å². The number of aromatic amines is 1. The molecule has 0 aliphatic heterocycles. The minimum absolute atomic E-state index is 0.0158. The molecular formula is C17H23N6O4P. The topological polar surface area (TPSA) is 137 Å². The molecule has 3 rings (SSSR count). The molecule has 4 N–H and O–H groups in total. The lowest BCUT2D eigenvalue weighted by Crippen LogP contribution is -2.25. The van der Waals surface area contributed by atoms with Gasteiger partial charge in [0, 0.05) is 12.6 Å². The molecule has 2 heterocycles. The number of hydrogen-bond donors (Lipinski definition) is 3. The lowest BCUT2D eigenvalue weighted by molar-refractivity contribution is 0.159. The van der Waals surface area contributed by atoms with Gasteiger partial charge in [0.1, 0.15) is 12.1 Å². The average Bonchev–Trinajstić information content (AvgIpc) is 3.02. The van der Waals surface area contributed by atoms with Gasteiger partial charge in [-0.15, -0.1) is 0 Å². The normalized spacial score (nSPS) is 13.7. The number of nitrogens with zero attached hydrogens (tertiary/aromatic N) is 3. The molecule has 0 aliphatic carbocycles. The zero-order valence-corrected chi connectivity index (χ0v) is 16.6. The van der Waals surface area contributed by atoms with Gasteiger partial charge in [0.05, 0.1) is 12.9 Å². The fourth-order valence-electron chi connectivity index (χ4n) is 2.62. The quantitative estimate of drug-likeness (QED) is 0.362. The Labute approximate surface area is 161 Å². The Balaban J connectivity index is 1.63. The summed E-state index contributed by atoms with van der Waals surface area (Å²) in [6.07, 6.45) is 1.38. The van der Waals surface area contributed by atoms with Crippen LogP contribution in [0.4, 0.5) is 5.95 Å². The van der Waals surface area contributed by atoms with Gasteiger partial charge in [0.15, 0.2) is 11.2 Å². The molecule has 0 bridgehead atoms. The van der Waals surface area contributed by atoms with Gasteiger partial charge < -0.3 is 19.6 Å². The smallest absolute Gasteiger partial charge is 0.342 e. The molecule has 0 amide bonds. The fraction of sp³-hybridized carbons (Fsp3) is 0.353. The van der Waals surface area contributed by atoms with Crippen LogP contribution >= 0.6 is 7.52 Å². The maximum atomic E-state index is 13.1. The predicted molar refractivity (Wildman–Crippen MR) is 106 cm³/mol. The number of benzene rings is 1. The first-order valence-corrected chi connectivity index (χ1v) is 10.6. The summed E-state index contributed by atoms with van der Waals surface area (Å²) in [6.45, 7) is 4.35. The number of hydrogen-bond acceptors (Lipinski definition) is 7. The number of imidazole rings is 1. The number of para-hydroxylation sites is 1. The third-order valence-corrected chi connectivity index (χ3v) is 5.62. The van der Waals surface area contributed by atoms with E-state index in [0.717, 1.165) is 0 Å². The molecule has 10 nitrogen and oxygen atoms in total. The van der Waals surface area contributed by atoms with E-state index in [1.807, 2.05) is 19.9 Å². The van der Waals surface area contributed by atoms with Crippen molar-refractivity contribution >= 4 is 24.6 Å².